The van der Waals surface area contributed by atoms with Gasteiger partial charge in [0.05, 0.1) is 11.1 Å². The van der Waals surface area contributed by atoms with Crippen LogP contribution in [0.1, 0.15) is 17.5 Å². The Balaban J connectivity index is 2.92. The highest BCUT2D eigenvalue weighted by molar-refractivity contribution is 9.10. The zero-order valence-corrected chi connectivity index (χ0v) is 10.4. The molecule has 0 aliphatic rings. The molecule has 0 heterocycles. The smallest absolute Gasteiger partial charge is 0.303 e. The van der Waals surface area contributed by atoms with Crippen LogP contribution in [0.4, 0.5) is 4.39 Å². The maximum atomic E-state index is 13.6. The van der Waals surface area contributed by atoms with Crippen molar-refractivity contribution in [2.75, 3.05) is 7.11 Å². The fraction of sp³-hybridized carbons (Fsp3) is 0.364. The maximum absolute atomic E-state index is 13.6. The van der Waals surface area contributed by atoms with Gasteiger partial charge in [0.1, 0.15) is 5.82 Å². The quantitative estimate of drug-likeness (QED) is 0.907. The van der Waals surface area contributed by atoms with Gasteiger partial charge in [0.25, 0.3) is 0 Å². The number of carbonyl (C=O) groups is 1. The van der Waals surface area contributed by atoms with Crippen LogP contribution in [0.25, 0.3) is 0 Å². The molecule has 0 bridgehead atoms. The molecular formula is C11H12BrFO3. The summed E-state index contributed by atoms with van der Waals surface area (Å²) in [7, 11) is 1.55. The minimum atomic E-state index is -0.937. The minimum Gasteiger partial charge on any atom is -0.481 e. The molecule has 1 N–H and O–H groups in total. The summed E-state index contributed by atoms with van der Waals surface area (Å²) in [6.45, 7) is 0.374. The topological polar surface area (TPSA) is 46.5 Å². The molecule has 0 aromatic heterocycles. The number of aliphatic carboxylic acids is 1. The van der Waals surface area contributed by atoms with E-state index in [9.17, 15) is 9.18 Å². The Morgan fingerprint density at radius 2 is 2.25 bits per heavy atom. The molecule has 1 aromatic rings. The van der Waals surface area contributed by atoms with Crippen LogP contribution in [0, 0.1) is 5.82 Å². The van der Waals surface area contributed by atoms with E-state index in [1.807, 2.05) is 0 Å². The number of ether oxygens (including phenoxy) is 1. The first-order valence-corrected chi connectivity index (χ1v) is 5.51. The first-order valence-electron chi connectivity index (χ1n) is 4.72. The van der Waals surface area contributed by atoms with Gasteiger partial charge in [-0.1, -0.05) is 6.07 Å². The Bertz CT molecular complexity index is 393. The molecule has 0 fully saturated rings. The highest BCUT2D eigenvalue weighted by Gasteiger charge is 2.10. The number of hydrogen-bond acceptors (Lipinski definition) is 2. The molecule has 0 saturated heterocycles. The van der Waals surface area contributed by atoms with E-state index in [1.165, 1.54) is 0 Å². The molecule has 0 atom stereocenters. The Hall–Kier alpha value is -0.940. The van der Waals surface area contributed by atoms with Crippen LogP contribution in [0.15, 0.2) is 16.6 Å². The maximum Gasteiger partial charge on any atom is 0.303 e. The van der Waals surface area contributed by atoms with Crippen molar-refractivity contribution < 1.29 is 19.0 Å². The number of carboxylic acids is 1. The molecule has 0 unspecified atom stereocenters. The summed E-state index contributed by atoms with van der Waals surface area (Å²) in [6, 6.07) is 3.26. The normalized spacial score (nSPS) is 10.4. The lowest BCUT2D eigenvalue weighted by Gasteiger charge is -2.07. The molecule has 88 valence electrons. The van der Waals surface area contributed by atoms with Gasteiger partial charge < -0.3 is 9.84 Å². The van der Waals surface area contributed by atoms with E-state index in [2.05, 4.69) is 15.9 Å². The summed E-state index contributed by atoms with van der Waals surface area (Å²) in [5.74, 6) is -1.34. The lowest BCUT2D eigenvalue weighted by molar-refractivity contribution is -0.136. The fourth-order valence-electron chi connectivity index (χ4n) is 1.38. The third-order valence-electron chi connectivity index (χ3n) is 2.08. The number of aryl methyl sites for hydroxylation is 1. The summed E-state index contributed by atoms with van der Waals surface area (Å²) in [6.07, 6.45) is 0.0944. The summed E-state index contributed by atoms with van der Waals surface area (Å²) in [4.78, 5) is 10.4. The Morgan fingerprint density at radius 3 is 2.81 bits per heavy atom. The largest absolute Gasteiger partial charge is 0.481 e. The Kier molecular flexibility index (Phi) is 4.89. The number of halogens is 2. The van der Waals surface area contributed by atoms with E-state index in [4.69, 9.17) is 9.84 Å². The second kappa shape index (κ2) is 5.96. The van der Waals surface area contributed by atoms with Crippen LogP contribution in [0.3, 0.4) is 0 Å². The monoisotopic (exact) mass is 290 g/mol. The third kappa shape index (κ3) is 3.57. The summed E-state index contributed by atoms with van der Waals surface area (Å²) in [5, 5.41) is 8.55. The standard InChI is InChI=1S/C11H12BrFO3/c1-16-6-7-4-8(2-3-10(14)15)11(13)9(12)5-7/h4-5H,2-3,6H2,1H3,(H,14,15). The number of carboxylic acid groups (broad SMARTS) is 1. The van der Waals surface area contributed by atoms with E-state index >= 15 is 0 Å². The van der Waals surface area contributed by atoms with Crippen LogP contribution in [-0.4, -0.2) is 18.2 Å². The van der Waals surface area contributed by atoms with Crippen LogP contribution >= 0.6 is 15.9 Å². The van der Waals surface area contributed by atoms with E-state index in [0.717, 1.165) is 5.56 Å². The first kappa shape index (κ1) is 13.1. The lowest BCUT2D eigenvalue weighted by atomic mass is 10.1. The van der Waals surface area contributed by atoms with Crippen molar-refractivity contribution >= 4 is 21.9 Å². The average Bonchev–Trinajstić information content (AvgIpc) is 2.21. The van der Waals surface area contributed by atoms with Crippen molar-refractivity contribution in [3.05, 3.63) is 33.5 Å². The summed E-state index contributed by atoms with van der Waals surface area (Å²) in [5.41, 5.74) is 1.21. The molecule has 0 aliphatic heterocycles. The predicted molar refractivity (Wildman–Crippen MR) is 60.8 cm³/mol. The molecular weight excluding hydrogens is 279 g/mol. The number of rotatable bonds is 5. The summed E-state index contributed by atoms with van der Waals surface area (Å²) >= 11 is 3.10. The predicted octanol–water partition coefficient (Wildman–Crippen LogP) is 2.75. The van der Waals surface area contributed by atoms with Gasteiger partial charge in [-0.05, 0) is 39.5 Å². The van der Waals surface area contributed by atoms with Crippen molar-refractivity contribution in [3.8, 4) is 0 Å². The van der Waals surface area contributed by atoms with Crippen molar-refractivity contribution in [2.24, 2.45) is 0 Å². The van der Waals surface area contributed by atoms with Gasteiger partial charge in [-0.3, -0.25) is 4.79 Å². The van der Waals surface area contributed by atoms with Gasteiger partial charge in [0.2, 0.25) is 0 Å². The highest BCUT2D eigenvalue weighted by Crippen LogP contribution is 2.23. The van der Waals surface area contributed by atoms with Crippen molar-refractivity contribution in [1.82, 2.24) is 0 Å². The van der Waals surface area contributed by atoms with Crippen molar-refractivity contribution in [3.63, 3.8) is 0 Å². The summed E-state index contributed by atoms with van der Waals surface area (Å²) < 4.78 is 18.9. The molecule has 5 heteroatoms. The molecule has 0 spiro atoms. The highest BCUT2D eigenvalue weighted by atomic mass is 79.9. The van der Waals surface area contributed by atoms with Gasteiger partial charge in [-0.25, -0.2) is 4.39 Å². The van der Waals surface area contributed by atoms with E-state index in [0.29, 0.717) is 16.6 Å². The second-order valence-corrected chi connectivity index (χ2v) is 4.23. The SMILES string of the molecule is COCc1cc(Br)c(F)c(CCC(=O)O)c1. The van der Waals surface area contributed by atoms with Gasteiger partial charge in [-0.15, -0.1) is 0 Å². The van der Waals surface area contributed by atoms with E-state index in [1.54, 1.807) is 19.2 Å². The molecule has 1 aromatic carbocycles. The van der Waals surface area contributed by atoms with Crippen LogP contribution in [-0.2, 0) is 22.6 Å². The molecule has 1 rings (SSSR count). The Labute approximate surface area is 101 Å². The average molecular weight is 291 g/mol. The minimum absolute atomic E-state index is 0.0835. The van der Waals surface area contributed by atoms with Gasteiger partial charge in [0, 0.05) is 13.5 Å². The van der Waals surface area contributed by atoms with Gasteiger partial charge >= 0.3 is 5.97 Å². The third-order valence-corrected chi connectivity index (χ3v) is 2.66. The molecule has 0 amide bonds. The lowest BCUT2D eigenvalue weighted by Crippen LogP contribution is -2.01. The van der Waals surface area contributed by atoms with Crippen molar-refractivity contribution in [1.29, 1.82) is 0 Å². The van der Waals surface area contributed by atoms with Crippen LogP contribution in [0.5, 0.6) is 0 Å². The van der Waals surface area contributed by atoms with Gasteiger partial charge in [-0.2, -0.15) is 0 Å². The number of methoxy groups -OCH3 is 1. The molecule has 3 nitrogen and oxygen atoms in total. The van der Waals surface area contributed by atoms with E-state index < -0.39 is 11.8 Å². The molecule has 0 saturated carbocycles. The first-order chi connectivity index (χ1) is 7.54. The second-order valence-electron chi connectivity index (χ2n) is 3.38. The zero-order chi connectivity index (χ0) is 12.1. The van der Waals surface area contributed by atoms with Crippen LogP contribution < -0.4 is 0 Å². The number of hydrogen-bond donors (Lipinski definition) is 1. The molecule has 0 radical (unpaired) electrons. The molecule has 16 heavy (non-hydrogen) atoms. The molecule has 0 aliphatic carbocycles. The zero-order valence-electron chi connectivity index (χ0n) is 8.80. The van der Waals surface area contributed by atoms with Crippen molar-refractivity contribution in [2.45, 2.75) is 19.4 Å². The Morgan fingerprint density at radius 1 is 1.56 bits per heavy atom. The van der Waals surface area contributed by atoms with E-state index in [-0.39, 0.29) is 12.8 Å². The van der Waals surface area contributed by atoms with Crippen LogP contribution in [0.2, 0.25) is 0 Å². The van der Waals surface area contributed by atoms with Gasteiger partial charge in [0.15, 0.2) is 0 Å². The fourth-order valence-corrected chi connectivity index (χ4v) is 1.93. The number of benzene rings is 1.